The molecule has 0 bridgehead atoms. The normalized spacial score (nSPS) is 14.0. The minimum absolute atomic E-state index is 0.193. The van der Waals surface area contributed by atoms with E-state index in [1.807, 2.05) is 18.2 Å². The number of oxime groups is 1. The van der Waals surface area contributed by atoms with Gasteiger partial charge < -0.3 is 20.4 Å². The summed E-state index contributed by atoms with van der Waals surface area (Å²) in [5.74, 6) is -0.538. The number of para-hydroxylation sites is 1. The number of carbonyl (C=O) groups excluding carboxylic acids is 2. The third kappa shape index (κ3) is 6.73. The molecule has 2 aromatic rings. The van der Waals surface area contributed by atoms with Crippen LogP contribution in [0.25, 0.3) is 0 Å². The SMILES string of the molecule is O=C(CON=C1CCN(C(=O)Nc2ccccc2)CC1)Nc1ccc(C(F)(F)F)cc1. The maximum absolute atomic E-state index is 12.5. The number of anilines is 2. The number of benzene rings is 2. The van der Waals surface area contributed by atoms with Gasteiger partial charge in [-0.15, -0.1) is 0 Å². The van der Waals surface area contributed by atoms with E-state index in [-0.39, 0.29) is 18.3 Å². The molecule has 164 valence electrons. The van der Waals surface area contributed by atoms with Crippen LogP contribution in [0.5, 0.6) is 0 Å². The van der Waals surface area contributed by atoms with Crippen molar-refractivity contribution in [1.82, 2.24) is 4.90 Å². The van der Waals surface area contributed by atoms with Gasteiger partial charge in [-0.25, -0.2) is 4.79 Å². The van der Waals surface area contributed by atoms with E-state index in [1.165, 1.54) is 12.1 Å². The lowest BCUT2D eigenvalue weighted by Gasteiger charge is -2.27. The van der Waals surface area contributed by atoms with Crippen LogP contribution < -0.4 is 10.6 Å². The highest BCUT2D eigenvalue weighted by Crippen LogP contribution is 2.29. The molecule has 0 unspecified atom stereocenters. The van der Waals surface area contributed by atoms with Crippen LogP contribution in [0.15, 0.2) is 59.8 Å². The largest absolute Gasteiger partial charge is 0.416 e. The summed E-state index contributed by atoms with van der Waals surface area (Å²) in [5.41, 5.74) is 0.879. The van der Waals surface area contributed by atoms with Gasteiger partial charge in [0.1, 0.15) is 0 Å². The van der Waals surface area contributed by atoms with E-state index in [0.717, 1.165) is 17.8 Å². The lowest BCUT2D eigenvalue weighted by molar-refractivity contribution is -0.137. The minimum atomic E-state index is -4.43. The third-order valence-electron chi connectivity index (χ3n) is 4.54. The molecule has 1 saturated heterocycles. The average Bonchev–Trinajstić information content (AvgIpc) is 2.74. The zero-order valence-corrected chi connectivity index (χ0v) is 16.5. The fraction of sp³-hybridized carbons (Fsp3) is 0.286. The second-order valence-electron chi connectivity index (χ2n) is 6.84. The minimum Gasteiger partial charge on any atom is -0.386 e. The van der Waals surface area contributed by atoms with Crippen molar-refractivity contribution in [1.29, 1.82) is 0 Å². The molecule has 0 radical (unpaired) electrons. The number of piperidine rings is 1. The Hall–Kier alpha value is -3.56. The van der Waals surface area contributed by atoms with Gasteiger partial charge in [-0.3, -0.25) is 4.79 Å². The summed E-state index contributed by atoms with van der Waals surface area (Å²) in [4.78, 5) is 30.8. The van der Waals surface area contributed by atoms with E-state index >= 15 is 0 Å². The molecule has 0 saturated carbocycles. The molecule has 7 nitrogen and oxygen atoms in total. The molecule has 0 spiro atoms. The Morgan fingerprint density at radius 1 is 0.935 bits per heavy atom. The number of hydrogen-bond donors (Lipinski definition) is 2. The number of hydrogen-bond acceptors (Lipinski definition) is 4. The van der Waals surface area contributed by atoms with Crippen LogP contribution in [-0.4, -0.2) is 42.2 Å². The molecular weight excluding hydrogens is 413 g/mol. The van der Waals surface area contributed by atoms with Crippen LogP contribution in [0.2, 0.25) is 0 Å². The summed E-state index contributed by atoms with van der Waals surface area (Å²) in [6.45, 7) is 0.569. The zero-order chi connectivity index (χ0) is 22.3. The Labute approximate surface area is 176 Å². The van der Waals surface area contributed by atoms with Gasteiger partial charge in [0, 0.05) is 37.3 Å². The van der Waals surface area contributed by atoms with Gasteiger partial charge in [0.15, 0.2) is 6.61 Å². The summed E-state index contributed by atoms with van der Waals surface area (Å²) in [6, 6.07) is 13.1. The Kier molecular flexibility index (Phi) is 7.11. The number of likely N-dealkylation sites (tertiary alicyclic amines) is 1. The Morgan fingerprint density at radius 2 is 1.55 bits per heavy atom. The van der Waals surface area contributed by atoms with Gasteiger partial charge in [0.2, 0.25) is 0 Å². The maximum atomic E-state index is 12.5. The van der Waals surface area contributed by atoms with Crippen LogP contribution in [0.1, 0.15) is 18.4 Å². The number of amides is 3. The van der Waals surface area contributed by atoms with Gasteiger partial charge in [-0.2, -0.15) is 13.2 Å². The van der Waals surface area contributed by atoms with E-state index < -0.39 is 17.6 Å². The number of nitrogens with one attached hydrogen (secondary N) is 2. The first-order valence-corrected chi connectivity index (χ1v) is 9.57. The lowest BCUT2D eigenvalue weighted by Crippen LogP contribution is -2.41. The van der Waals surface area contributed by atoms with Crippen LogP contribution in [-0.2, 0) is 15.8 Å². The highest BCUT2D eigenvalue weighted by atomic mass is 19.4. The van der Waals surface area contributed by atoms with Crippen molar-refractivity contribution in [3.8, 4) is 0 Å². The fourth-order valence-corrected chi connectivity index (χ4v) is 2.91. The summed E-state index contributed by atoms with van der Waals surface area (Å²) >= 11 is 0. The third-order valence-corrected chi connectivity index (χ3v) is 4.54. The van der Waals surface area contributed by atoms with Crippen molar-refractivity contribution >= 4 is 29.0 Å². The summed E-state index contributed by atoms with van der Waals surface area (Å²) in [5, 5.41) is 9.20. The van der Waals surface area contributed by atoms with E-state index in [4.69, 9.17) is 4.84 Å². The topological polar surface area (TPSA) is 83.0 Å². The van der Waals surface area contributed by atoms with Gasteiger partial charge in [0.05, 0.1) is 11.3 Å². The second kappa shape index (κ2) is 9.96. The van der Waals surface area contributed by atoms with E-state index in [0.29, 0.717) is 31.6 Å². The molecule has 2 aromatic carbocycles. The Bertz CT molecular complexity index is 921. The van der Waals surface area contributed by atoms with Crippen molar-refractivity contribution in [3.05, 3.63) is 60.2 Å². The molecule has 0 aromatic heterocycles. The smallest absolute Gasteiger partial charge is 0.386 e. The van der Waals surface area contributed by atoms with Gasteiger partial charge in [0.25, 0.3) is 5.91 Å². The number of nitrogens with zero attached hydrogens (tertiary/aromatic N) is 2. The van der Waals surface area contributed by atoms with Gasteiger partial charge in [-0.05, 0) is 36.4 Å². The highest BCUT2D eigenvalue weighted by Gasteiger charge is 2.30. The predicted molar refractivity (Wildman–Crippen MR) is 110 cm³/mol. The molecule has 3 amide bonds. The first kappa shape index (κ1) is 22.1. The predicted octanol–water partition coefficient (Wildman–Crippen LogP) is 4.34. The number of rotatable bonds is 5. The van der Waals surface area contributed by atoms with Crippen LogP contribution >= 0.6 is 0 Å². The van der Waals surface area contributed by atoms with E-state index in [2.05, 4.69) is 15.8 Å². The first-order valence-electron chi connectivity index (χ1n) is 9.57. The second-order valence-corrected chi connectivity index (χ2v) is 6.84. The number of urea groups is 1. The Balaban J connectivity index is 1.39. The fourth-order valence-electron chi connectivity index (χ4n) is 2.91. The summed E-state index contributed by atoms with van der Waals surface area (Å²) in [6.07, 6.45) is -3.40. The van der Waals surface area contributed by atoms with Crippen LogP contribution in [0.3, 0.4) is 0 Å². The highest BCUT2D eigenvalue weighted by molar-refractivity contribution is 5.93. The molecule has 0 atom stereocenters. The number of alkyl halides is 3. The molecule has 1 aliphatic rings. The lowest BCUT2D eigenvalue weighted by atomic mass is 10.1. The zero-order valence-electron chi connectivity index (χ0n) is 16.5. The van der Waals surface area contributed by atoms with E-state index in [1.54, 1.807) is 17.0 Å². The van der Waals surface area contributed by atoms with Gasteiger partial charge >= 0.3 is 12.2 Å². The molecule has 31 heavy (non-hydrogen) atoms. The molecule has 2 N–H and O–H groups in total. The molecule has 0 aliphatic carbocycles. The quantitative estimate of drug-likeness (QED) is 0.687. The first-order chi connectivity index (χ1) is 14.8. The van der Waals surface area contributed by atoms with Crippen molar-refractivity contribution in [3.63, 3.8) is 0 Å². The molecule has 10 heteroatoms. The van der Waals surface area contributed by atoms with Crippen LogP contribution in [0, 0.1) is 0 Å². The molecule has 1 heterocycles. The number of carbonyl (C=O) groups is 2. The molecule has 3 rings (SSSR count). The van der Waals surface area contributed by atoms with Crippen LogP contribution in [0.4, 0.5) is 29.3 Å². The van der Waals surface area contributed by atoms with Crippen molar-refractivity contribution in [2.75, 3.05) is 30.3 Å². The number of halogens is 3. The van der Waals surface area contributed by atoms with Crippen molar-refractivity contribution in [2.24, 2.45) is 5.16 Å². The van der Waals surface area contributed by atoms with Gasteiger partial charge in [-0.1, -0.05) is 23.4 Å². The summed E-state index contributed by atoms with van der Waals surface area (Å²) in [7, 11) is 0. The summed E-state index contributed by atoms with van der Waals surface area (Å²) < 4.78 is 37.6. The van der Waals surface area contributed by atoms with Crippen molar-refractivity contribution < 1.29 is 27.6 Å². The standard InChI is InChI=1S/C21H21F3N4O3/c22-21(23,24)15-6-8-17(9-7-15)25-19(29)14-31-27-18-10-12-28(13-11-18)20(30)26-16-4-2-1-3-5-16/h1-9H,10-14H2,(H,25,29)(H,26,30). The maximum Gasteiger partial charge on any atom is 0.416 e. The monoisotopic (exact) mass is 434 g/mol. The molecular formula is C21H21F3N4O3. The van der Waals surface area contributed by atoms with Crippen molar-refractivity contribution in [2.45, 2.75) is 19.0 Å². The molecule has 1 aliphatic heterocycles. The molecule has 1 fully saturated rings. The average molecular weight is 434 g/mol. The Morgan fingerprint density at radius 3 is 2.16 bits per heavy atom. The van der Waals surface area contributed by atoms with E-state index in [9.17, 15) is 22.8 Å².